The Balaban J connectivity index is 2.24. The fraction of sp³-hybridized carbons (Fsp3) is 0.571. The molecule has 112 valence electrons. The molecule has 1 aliphatic carbocycles. The van der Waals surface area contributed by atoms with E-state index in [0.29, 0.717) is 12.5 Å². The van der Waals surface area contributed by atoms with Crippen molar-refractivity contribution in [1.29, 1.82) is 0 Å². The van der Waals surface area contributed by atoms with Crippen molar-refractivity contribution in [2.45, 2.75) is 36.5 Å². The minimum Gasteiger partial charge on any atom is -0.207 e. The molecule has 2 rings (SSSR count). The summed E-state index contributed by atoms with van der Waals surface area (Å²) in [5.41, 5.74) is 0.754. The summed E-state index contributed by atoms with van der Waals surface area (Å²) in [6, 6.07) is 4.90. The lowest BCUT2D eigenvalue weighted by molar-refractivity contribution is 0.387. The number of benzene rings is 1. The maximum absolute atomic E-state index is 12.6. The molecule has 0 radical (unpaired) electrons. The van der Waals surface area contributed by atoms with Crippen molar-refractivity contribution in [2.24, 2.45) is 5.92 Å². The highest BCUT2D eigenvalue weighted by Gasteiger charge is 2.27. The van der Waals surface area contributed by atoms with Gasteiger partial charge in [0.25, 0.3) is 0 Å². The van der Waals surface area contributed by atoms with Gasteiger partial charge in [0.2, 0.25) is 10.0 Å². The van der Waals surface area contributed by atoms with E-state index in [1.54, 1.807) is 25.2 Å². The summed E-state index contributed by atoms with van der Waals surface area (Å²) in [6.07, 6.45) is 4.60. The normalized spacial score (nSPS) is 17.0. The van der Waals surface area contributed by atoms with Crippen LogP contribution in [-0.2, 0) is 15.9 Å². The van der Waals surface area contributed by atoms with E-state index in [4.69, 9.17) is 23.2 Å². The van der Waals surface area contributed by atoms with Crippen molar-refractivity contribution in [3.8, 4) is 0 Å². The minimum absolute atomic E-state index is 0.151. The largest absolute Gasteiger partial charge is 0.244 e. The van der Waals surface area contributed by atoms with E-state index in [2.05, 4.69) is 0 Å². The minimum atomic E-state index is -3.55. The van der Waals surface area contributed by atoms with Crippen molar-refractivity contribution in [2.75, 3.05) is 13.6 Å². The third-order valence-corrected chi connectivity index (χ3v) is 6.44. The van der Waals surface area contributed by atoms with Gasteiger partial charge in [-0.15, -0.1) is 11.6 Å². The van der Waals surface area contributed by atoms with E-state index in [0.717, 1.165) is 18.4 Å². The summed E-state index contributed by atoms with van der Waals surface area (Å²) in [4.78, 5) is 0.151. The molecule has 0 aliphatic heterocycles. The highest BCUT2D eigenvalue weighted by atomic mass is 35.5. The van der Waals surface area contributed by atoms with E-state index in [1.807, 2.05) is 0 Å². The van der Waals surface area contributed by atoms with Crippen molar-refractivity contribution in [3.63, 3.8) is 0 Å². The fourth-order valence-corrected chi connectivity index (χ4v) is 4.59. The summed E-state index contributed by atoms with van der Waals surface area (Å²) in [5, 5.41) is 0.247. The van der Waals surface area contributed by atoms with Gasteiger partial charge in [-0.1, -0.05) is 30.5 Å². The van der Waals surface area contributed by atoms with Crippen LogP contribution in [-0.4, -0.2) is 26.3 Å². The molecule has 20 heavy (non-hydrogen) atoms. The molecular formula is C14H19Cl2NO2S. The van der Waals surface area contributed by atoms with Crippen LogP contribution in [0, 0.1) is 5.92 Å². The number of sulfonamides is 1. The first-order valence-corrected chi connectivity index (χ1v) is 9.11. The lowest BCUT2D eigenvalue weighted by Gasteiger charge is -2.21. The van der Waals surface area contributed by atoms with Crippen LogP contribution in [0.2, 0.25) is 5.02 Å². The second-order valence-corrected chi connectivity index (χ2v) is 8.02. The molecule has 1 aromatic rings. The van der Waals surface area contributed by atoms with Crippen LogP contribution >= 0.6 is 23.2 Å². The molecule has 1 aliphatic rings. The molecule has 6 heteroatoms. The Morgan fingerprint density at radius 2 is 1.95 bits per heavy atom. The molecule has 0 atom stereocenters. The first kappa shape index (κ1) is 16.1. The highest BCUT2D eigenvalue weighted by molar-refractivity contribution is 7.89. The summed E-state index contributed by atoms with van der Waals surface area (Å²) in [6.45, 7) is 0.559. The number of hydrogen-bond acceptors (Lipinski definition) is 2. The third kappa shape index (κ3) is 3.48. The Hall–Kier alpha value is -0.290. The van der Waals surface area contributed by atoms with E-state index in [9.17, 15) is 8.42 Å². The van der Waals surface area contributed by atoms with Gasteiger partial charge in [-0.3, -0.25) is 0 Å². The number of halogens is 2. The predicted molar refractivity (Wildman–Crippen MR) is 82.8 cm³/mol. The smallest absolute Gasteiger partial charge is 0.207 e. The molecule has 1 aromatic carbocycles. The molecular weight excluding hydrogens is 317 g/mol. The summed E-state index contributed by atoms with van der Waals surface area (Å²) < 4.78 is 26.6. The van der Waals surface area contributed by atoms with Gasteiger partial charge >= 0.3 is 0 Å². The van der Waals surface area contributed by atoms with Crippen molar-refractivity contribution >= 4 is 33.2 Å². The van der Waals surface area contributed by atoms with Crippen molar-refractivity contribution in [3.05, 3.63) is 28.8 Å². The number of alkyl halides is 1. The van der Waals surface area contributed by atoms with Crippen LogP contribution in [0.5, 0.6) is 0 Å². The maximum Gasteiger partial charge on any atom is 0.244 e. The van der Waals surface area contributed by atoms with E-state index in [1.165, 1.54) is 17.1 Å². The molecule has 0 amide bonds. The average Bonchev–Trinajstić information content (AvgIpc) is 2.92. The van der Waals surface area contributed by atoms with Crippen LogP contribution in [0.15, 0.2) is 23.1 Å². The fourth-order valence-electron chi connectivity index (χ4n) is 2.65. The SMILES string of the molecule is CN(CC1CCCC1)S(=O)(=O)c1cc(CCl)ccc1Cl. The van der Waals surface area contributed by atoms with Crippen LogP contribution in [0.25, 0.3) is 0 Å². The maximum atomic E-state index is 12.6. The molecule has 0 bridgehead atoms. The molecule has 0 saturated heterocycles. The average molecular weight is 336 g/mol. The van der Waals surface area contributed by atoms with Crippen LogP contribution in [0.1, 0.15) is 31.2 Å². The lowest BCUT2D eigenvalue weighted by Crippen LogP contribution is -2.31. The van der Waals surface area contributed by atoms with Gasteiger partial charge in [-0.05, 0) is 36.5 Å². The van der Waals surface area contributed by atoms with Crippen molar-refractivity contribution in [1.82, 2.24) is 4.31 Å². The van der Waals surface area contributed by atoms with E-state index >= 15 is 0 Å². The zero-order valence-electron chi connectivity index (χ0n) is 11.5. The molecule has 0 spiro atoms. The molecule has 0 heterocycles. The second kappa shape index (κ2) is 6.65. The zero-order valence-corrected chi connectivity index (χ0v) is 13.8. The first-order valence-electron chi connectivity index (χ1n) is 6.76. The molecule has 0 N–H and O–H groups in total. The third-order valence-electron chi connectivity index (χ3n) is 3.83. The topological polar surface area (TPSA) is 37.4 Å². The summed E-state index contributed by atoms with van der Waals surface area (Å²) >= 11 is 11.8. The number of nitrogens with zero attached hydrogens (tertiary/aromatic N) is 1. The van der Waals surface area contributed by atoms with Crippen LogP contribution < -0.4 is 0 Å². The monoisotopic (exact) mass is 335 g/mol. The van der Waals surface area contributed by atoms with Gasteiger partial charge in [0.1, 0.15) is 4.90 Å². The Morgan fingerprint density at radius 3 is 2.55 bits per heavy atom. The first-order chi connectivity index (χ1) is 9.45. The standard InChI is InChI=1S/C14H19Cl2NO2S/c1-17(10-11-4-2-3-5-11)20(18,19)14-8-12(9-15)6-7-13(14)16/h6-8,11H,2-5,9-10H2,1H3. The number of rotatable bonds is 5. The van der Waals surface area contributed by atoms with Gasteiger partial charge in [-0.2, -0.15) is 0 Å². The van der Waals surface area contributed by atoms with Gasteiger partial charge in [0.05, 0.1) is 5.02 Å². The van der Waals surface area contributed by atoms with Crippen LogP contribution in [0.3, 0.4) is 0 Å². The second-order valence-electron chi connectivity index (χ2n) is 5.33. The molecule has 3 nitrogen and oxygen atoms in total. The summed E-state index contributed by atoms with van der Waals surface area (Å²) in [5.74, 6) is 0.733. The lowest BCUT2D eigenvalue weighted by atomic mass is 10.1. The van der Waals surface area contributed by atoms with Gasteiger partial charge < -0.3 is 0 Å². The van der Waals surface area contributed by atoms with E-state index in [-0.39, 0.29) is 15.8 Å². The molecule has 0 aromatic heterocycles. The zero-order chi connectivity index (χ0) is 14.8. The predicted octanol–water partition coefficient (Wildman–Crippen LogP) is 3.89. The Labute approximate surface area is 130 Å². The number of hydrogen-bond donors (Lipinski definition) is 0. The Bertz CT molecular complexity index is 569. The van der Waals surface area contributed by atoms with Gasteiger partial charge in [0.15, 0.2) is 0 Å². The molecule has 0 unspecified atom stereocenters. The molecule has 1 saturated carbocycles. The van der Waals surface area contributed by atoms with Gasteiger partial charge in [-0.25, -0.2) is 12.7 Å². The Morgan fingerprint density at radius 1 is 1.30 bits per heavy atom. The quantitative estimate of drug-likeness (QED) is 0.765. The van der Waals surface area contributed by atoms with Crippen LogP contribution in [0.4, 0.5) is 0 Å². The van der Waals surface area contributed by atoms with Crippen molar-refractivity contribution < 1.29 is 8.42 Å². The van der Waals surface area contributed by atoms with E-state index < -0.39 is 10.0 Å². The summed E-state index contributed by atoms with van der Waals surface area (Å²) in [7, 11) is -1.92. The molecule has 1 fully saturated rings. The van der Waals surface area contributed by atoms with Gasteiger partial charge in [0, 0.05) is 19.5 Å². The highest BCUT2D eigenvalue weighted by Crippen LogP contribution is 2.29. The Kier molecular flexibility index (Phi) is 5.35.